The van der Waals surface area contributed by atoms with Gasteiger partial charge in [-0.15, -0.1) is 0 Å². The highest BCUT2D eigenvalue weighted by Crippen LogP contribution is 2.46. The molecule has 0 saturated heterocycles. The Labute approximate surface area is 100 Å². The first-order valence-corrected chi connectivity index (χ1v) is 6.53. The monoisotopic (exact) mass is 228 g/mol. The van der Waals surface area contributed by atoms with E-state index in [0.717, 1.165) is 31.8 Å². The molecule has 1 aliphatic carbocycles. The lowest BCUT2D eigenvalue weighted by molar-refractivity contribution is 0.0124. The molecule has 2 nitrogen and oxygen atoms in total. The van der Waals surface area contributed by atoms with Crippen LogP contribution in [0.4, 0.5) is 0 Å². The van der Waals surface area contributed by atoms with Gasteiger partial charge in [-0.2, -0.15) is 0 Å². The Bertz CT molecular complexity index is 197. The number of rotatable bonds is 4. The van der Waals surface area contributed by atoms with Gasteiger partial charge in [0.1, 0.15) is 0 Å². The lowest BCUT2D eigenvalue weighted by atomic mass is 9.63. The zero-order chi connectivity index (χ0) is 12.2. The lowest BCUT2D eigenvalue weighted by Gasteiger charge is -2.43. The van der Waals surface area contributed by atoms with Gasteiger partial charge in [0.05, 0.1) is 0 Å². The Hall–Kier alpha value is -0.0800. The molecule has 0 unspecified atom stereocenters. The molecular formula is C14H28O2. The second kappa shape index (κ2) is 5.50. The van der Waals surface area contributed by atoms with Crippen LogP contribution in [0.25, 0.3) is 0 Å². The maximum Gasteiger partial charge on any atom is 0.0488 e. The summed E-state index contributed by atoms with van der Waals surface area (Å²) in [5.74, 6) is 0.815. The summed E-state index contributed by atoms with van der Waals surface area (Å²) in [7, 11) is 1.74. The largest absolute Gasteiger partial charge is 0.396 e. The van der Waals surface area contributed by atoms with Crippen molar-refractivity contribution >= 4 is 0 Å². The fourth-order valence-corrected chi connectivity index (χ4v) is 2.90. The minimum absolute atomic E-state index is 0.151. The highest BCUT2D eigenvalue weighted by Gasteiger charge is 2.37. The molecular weight excluding hydrogens is 200 g/mol. The van der Waals surface area contributed by atoms with Crippen LogP contribution in [0.5, 0.6) is 0 Å². The van der Waals surface area contributed by atoms with Gasteiger partial charge in [-0.3, -0.25) is 0 Å². The van der Waals surface area contributed by atoms with Gasteiger partial charge in [-0.1, -0.05) is 20.8 Å². The van der Waals surface area contributed by atoms with Crippen molar-refractivity contribution in [3.05, 3.63) is 0 Å². The molecule has 16 heavy (non-hydrogen) atoms. The summed E-state index contributed by atoms with van der Waals surface area (Å²) >= 11 is 0. The van der Waals surface area contributed by atoms with Crippen molar-refractivity contribution in [3.8, 4) is 0 Å². The van der Waals surface area contributed by atoms with Crippen LogP contribution in [0, 0.1) is 16.7 Å². The van der Waals surface area contributed by atoms with Crippen molar-refractivity contribution in [1.82, 2.24) is 0 Å². The number of hydrogen-bond donors (Lipinski definition) is 1. The standard InChI is InChI=1S/C14H28O2/c1-13(2,3)12-5-7-14(11-15,8-6-12)9-10-16-4/h12,15H,5-11H2,1-4H3. The van der Waals surface area contributed by atoms with Gasteiger partial charge in [0, 0.05) is 20.3 Å². The molecule has 0 aromatic rings. The number of hydrogen-bond acceptors (Lipinski definition) is 2. The van der Waals surface area contributed by atoms with Crippen LogP contribution in [0.2, 0.25) is 0 Å². The Kier molecular flexibility index (Phi) is 4.81. The highest BCUT2D eigenvalue weighted by atomic mass is 16.5. The van der Waals surface area contributed by atoms with Gasteiger partial charge in [0.15, 0.2) is 0 Å². The minimum atomic E-state index is 0.151. The van der Waals surface area contributed by atoms with Crippen LogP contribution < -0.4 is 0 Å². The maximum absolute atomic E-state index is 9.60. The third-order valence-electron chi connectivity index (χ3n) is 4.44. The molecule has 2 heteroatoms. The SMILES string of the molecule is COCCC1(CO)CCC(C(C)(C)C)CC1. The van der Waals surface area contributed by atoms with Crippen molar-refractivity contribution in [1.29, 1.82) is 0 Å². The topological polar surface area (TPSA) is 29.5 Å². The van der Waals surface area contributed by atoms with Crippen molar-refractivity contribution in [2.75, 3.05) is 20.3 Å². The van der Waals surface area contributed by atoms with E-state index in [2.05, 4.69) is 20.8 Å². The first-order valence-electron chi connectivity index (χ1n) is 6.53. The zero-order valence-corrected chi connectivity index (χ0v) is 11.4. The van der Waals surface area contributed by atoms with E-state index in [0.29, 0.717) is 12.0 Å². The van der Waals surface area contributed by atoms with Gasteiger partial charge in [0.25, 0.3) is 0 Å². The van der Waals surface area contributed by atoms with Crippen LogP contribution in [0.1, 0.15) is 52.9 Å². The minimum Gasteiger partial charge on any atom is -0.396 e. The van der Waals surface area contributed by atoms with E-state index in [1.165, 1.54) is 12.8 Å². The fourth-order valence-electron chi connectivity index (χ4n) is 2.90. The summed E-state index contributed by atoms with van der Waals surface area (Å²) in [6.07, 6.45) is 5.85. The molecule has 0 aromatic heterocycles. The van der Waals surface area contributed by atoms with E-state index in [4.69, 9.17) is 4.74 Å². The Morgan fingerprint density at radius 1 is 1.25 bits per heavy atom. The van der Waals surface area contributed by atoms with Gasteiger partial charge in [0.2, 0.25) is 0 Å². The van der Waals surface area contributed by atoms with Crippen LogP contribution in [0.3, 0.4) is 0 Å². The van der Waals surface area contributed by atoms with Crippen LogP contribution in [0.15, 0.2) is 0 Å². The number of aliphatic hydroxyl groups excluding tert-OH is 1. The molecule has 0 heterocycles. The molecule has 1 rings (SSSR count). The summed E-state index contributed by atoms with van der Waals surface area (Å²) in [5.41, 5.74) is 0.570. The van der Waals surface area contributed by atoms with Crippen LogP contribution in [-0.4, -0.2) is 25.4 Å². The highest BCUT2D eigenvalue weighted by molar-refractivity contribution is 4.88. The van der Waals surface area contributed by atoms with Crippen molar-refractivity contribution < 1.29 is 9.84 Å². The van der Waals surface area contributed by atoms with Crippen molar-refractivity contribution in [2.45, 2.75) is 52.9 Å². The molecule has 0 amide bonds. The average Bonchev–Trinajstić information content (AvgIpc) is 2.26. The summed E-state index contributed by atoms with van der Waals surface area (Å²) in [6.45, 7) is 8.10. The van der Waals surface area contributed by atoms with E-state index in [-0.39, 0.29) is 5.41 Å². The molecule has 0 radical (unpaired) electrons. The molecule has 0 aliphatic heterocycles. The van der Waals surface area contributed by atoms with E-state index in [1.807, 2.05) is 0 Å². The van der Waals surface area contributed by atoms with E-state index < -0.39 is 0 Å². The smallest absolute Gasteiger partial charge is 0.0488 e. The fraction of sp³-hybridized carbons (Fsp3) is 1.00. The lowest BCUT2D eigenvalue weighted by Crippen LogP contribution is -2.35. The number of ether oxygens (including phenoxy) is 1. The average molecular weight is 228 g/mol. The van der Waals surface area contributed by atoms with Crippen LogP contribution in [-0.2, 0) is 4.74 Å². The van der Waals surface area contributed by atoms with Crippen LogP contribution >= 0.6 is 0 Å². The van der Waals surface area contributed by atoms with Gasteiger partial charge < -0.3 is 9.84 Å². The summed E-state index contributed by atoms with van der Waals surface area (Å²) in [4.78, 5) is 0. The normalized spacial score (nSPS) is 31.7. The number of aliphatic hydroxyl groups is 1. The van der Waals surface area contributed by atoms with Gasteiger partial charge >= 0.3 is 0 Å². The Balaban J connectivity index is 2.50. The van der Waals surface area contributed by atoms with E-state index in [9.17, 15) is 5.11 Å². The van der Waals surface area contributed by atoms with Crippen molar-refractivity contribution in [3.63, 3.8) is 0 Å². The van der Waals surface area contributed by atoms with Crippen molar-refractivity contribution in [2.24, 2.45) is 16.7 Å². The van der Waals surface area contributed by atoms with E-state index in [1.54, 1.807) is 7.11 Å². The molecule has 0 spiro atoms. The van der Waals surface area contributed by atoms with Gasteiger partial charge in [-0.25, -0.2) is 0 Å². The predicted molar refractivity (Wildman–Crippen MR) is 67.4 cm³/mol. The molecule has 1 fully saturated rings. The molecule has 0 bridgehead atoms. The molecule has 1 aliphatic rings. The zero-order valence-electron chi connectivity index (χ0n) is 11.4. The predicted octanol–water partition coefficient (Wildman–Crippen LogP) is 3.24. The van der Waals surface area contributed by atoms with Gasteiger partial charge in [-0.05, 0) is 48.9 Å². The first kappa shape index (κ1) is 14.0. The molecule has 0 atom stereocenters. The summed E-state index contributed by atoms with van der Waals surface area (Å²) in [5, 5.41) is 9.60. The molecule has 1 saturated carbocycles. The second-order valence-electron chi connectivity index (χ2n) is 6.54. The molecule has 1 N–H and O–H groups in total. The first-order chi connectivity index (χ1) is 7.43. The summed E-state index contributed by atoms with van der Waals surface area (Å²) < 4.78 is 5.15. The maximum atomic E-state index is 9.60. The molecule has 0 aromatic carbocycles. The molecule has 96 valence electrons. The Morgan fingerprint density at radius 2 is 1.81 bits per heavy atom. The summed E-state index contributed by atoms with van der Waals surface area (Å²) in [6, 6.07) is 0. The Morgan fingerprint density at radius 3 is 2.19 bits per heavy atom. The number of methoxy groups -OCH3 is 1. The van der Waals surface area contributed by atoms with E-state index >= 15 is 0 Å². The quantitative estimate of drug-likeness (QED) is 0.800. The third-order valence-corrected chi connectivity index (χ3v) is 4.44. The second-order valence-corrected chi connectivity index (χ2v) is 6.54. The third kappa shape index (κ3) is 3.46.